The van der Waals surface area contributed by atoms with Gasteiger partial charge in [0, 0.05) is 13.0 Å². The van der Waals surface area contributed by atoms with Crippen LogP contribution in [-0.4, -0.2) is 52.3 Å². The molecule has 0 radical (unpaired) electrons. The molecule has 2 atom stereocenters. The van der Waals surface area contributed by atoms with Gasteiger partial charge in [-0.3, -0.25) is 14.5 Å². The number of likely N-dealkylation sites (tertiary alicyclic amines) is 1. The molecule has 1 aliphatic heterocycles. The largest absolute Gasteiger partial charge is 0.480 e. The SMILES string of the molecule is O=C(CN1C[C@@H](O)C[C@H]1C(=O)O)OCc1ccccc1. The van der Waals surface area contributed by atoms with Gasteiger partial charge >= 0.3 is 11.9 Å². The Bertz CT molecular complexity index is 476. The van der Waals surface area contributed by atoms with Gasteiger partial charge in [-0.25, -0.2) is 0 Å². The molecule has 1 aromatic rings. The summed E-state index contributed by atoms with van der Waals surface area (Å²) in [7, 11) is 0. The third kappa shape index (κ3) is 3.79. The number of carboxylic acids is 1. The Morgan fingerprint density at radius 2 is 2.00 bits per heavy atom. The summed E-state index contributed by atoms with van der Waals surface area (Å²) in [6.07, 6.45) is -0.570. The van der Waals surface area contributed by atoms with Crippen LogP contribution in [0.25, 0.3) is 0 Å². The molecular weight excluding hydrogens is 262 g/mol. The molecule has 0 bridgehead atoms. The molecule has 6 nitrogen and oxygen atoms in total. The van der Waals surface area contributed by atoms with Crippen molar-refractivity contribution >= 4 is 11.9 Å². The minimum absolute atomic E-state index is 0.124. The molecule has 1 heterocycles. The van der Waals surface area contributed by atoms with Crippen molar-refractivity contribution in [2.24, 2.45) is 0 Å². The summed E-state index contributed by atoms with van der Waals surface area (Å²) in [5.41, 5.74) is 0.872. The van der Waals surface area contributed by atoms with Gasteiger partial charge in [0.1, 0.15) is 12.6 Å². The zero-order valence-electron chi connectivity index (χ0n) is 10.9. The van der Waals surface area contributed by atoms with Crippen LogP contribution < -0.4 is 0 Å². The van der Waals surface area contributed by atoms with Crippen LogP contribution in [0.1, 0.15) is 12.0 Å². The van der Waals surface area contributed by atoms with Gasteiger partial charge in [0.15, 0.2) is 0 Å². The number of β-amino-alcohol motifs (C(OH)–C–C–N with tert-alkyl or cyclic N) is 1. The van der Waals surface area contributed by atoms with Gasteiger partial charge in [-0.2, -0.15) is 0 Å². The van der Waals surface area contributed by atoms with Gasteiger partial charge < -0.3 is 14.9 Å². The smallest absolute Gasteiger partial charge is 0.321 e. The van der Waals surface area contributed by atoms with Crippen LogP contribution in [0, 0.1) is 0 Å². The third-order valence-corrected chi connectivity index (χ3v) is 3.24. The summed E-state index contributed by atoms with van der Waals surface area (Å²) >= 11 is 0. The Morgan fingerprint density at radius 3 is 2.65 bits per heavy atom. The maximum atomic E-state index is 11.7. The van der Waals surface area contributed by atoms with E-state index in [1.807, 2.05) is 30.3 Å². The number of nitrogens with zero attached hydrogens (tertiary/aromatic N) is 1. The summed E-state index contributed by atoms with van der Waals surface area (Å²) in [4.78, 5) is 24.2. The maximum Gasteiger partial charge on any atom is 0.321 e. The normalized spacial score (nSPS) is 22.6. The second-order valence-corrected chi connectivity index (χ2v) is 4.82. The van der Waals surface area contributed by atoms with Crippen molar-refractivity contribution in [3.63, 3.8) is 0 Å². The molecule has 2 rings (SSSR count). The molecular formula is C14H17NO5. The molecule has 1 saturated heterocycles. The van der Waals surface area contributed by atoms with Crippen LogP contribution in [0.4, 0.5) is 0 Å². The number of hydrogen-bond acceptors (Lipinski definition) is 5. The summed E-state index contributed by atoms with van der Waals surface area (Å²) in [5.74, 6) is -1.52. The van der Waals surface area contributed by atoms with Crippen LogP contribution in [0.3, 0.4) is 0 Å². The standard InChI is InChI=1S/C14H17NO5/c16-11-6-12(14(18)19)15(7-11)8-13(17)20-9-10-4-2-1-3-5-10/h1-5,11-12,16H,6-9H2,(H,18,19)/t11-,12-/m0/s1. The van der Waals surface area contributed by atoms with Crippen molar-refractivity contribution in [1.82, 2.24) is 4.90 Å². The molecule has 6 heteroatoms. The summed E-state index contributed by atoms with van der Waals surface area (Å²) in [6.45, 7) is 0.214. The third-order valence-electron chi connectivity index (χ3n) is 3.24. The van der Waals surface area contributed by atoms with Crippen LogP contribution in [0.5, 0.6) is 0 Å². The quantitative estimate of drug-likeness (QED) is 0.751. The molecule has 1 fully saturated rings. The van der Waals surface area contributed by atoms with Crippen molar-refractivity contribution in [2.45, 2.75) is 25.2 Å². The lowest BCUT2D eigenvalue weighted by Gasteiger charge is -2.19. The van der Waals surface area contributed by atoms with Crippen molar-refractivity contribution in [1.29, 1.82) is 0 Å². The fourth-order valence-corrected chi connectivity index (χ4v) is 2.26. The first kappa shape index (κ1) is 14.5. The fourth-order valence-electron chi connectivity index (χ4n) is 2.26. The maximum absolute atomic E-state index is 11.7. The first-order valence-corrected chi connectivity index (χ1v) is 6.40. The van der Waals surface area contributed by atoms with Gasteiger partial charge in [-0.1, -0.05) is 30.3 Å². The van der Waals surface area contributed by atoms with Crippen LogP contribution >= 0.6 is 0 Å². The van der Waals surface area contributed by atoms with E-state index in [-0.39, 0.29) is 26.1 Å². The van der Waals surface area contributed by atoms with E-state index in [0.29, 0.717) is 0 Å². The number of aliphatic carboxylic acids is 1. The van der Waals surface area contributed by atoms with Gasteiger partial charge in [0.05, 0.1) is 12.6 Å². The van der Waals surface area contributed by atoms with E-state index < -0.39 is 24.1 Å². The molecule has 0 unspecified atom stereocenters. The van der Waals surface area contributed by atoms with E-state index in [1.54, 1.807) is 0 Å². The second-order valence-electron chi connectivity index (χ2n) is 4.82. The van der Waals surface area contributed by atoms with Crippen molar-refractivity contribution < 1.29 is 24.5 Å². The highest BCUT2D eigenvalue weighted by molar-refractivity contribution is 5.76. The number of carbonyl (C=O) groups excluding carboxylic acids is 1. The van der Waals surface area contributed by atoms with E-state index in [1.165, 1.54) is 4.90 Å². The van der Waals surface area contributed by atoms with Gasteiger partial charge in [0.2, 0.25) is 0 Å². The number of aliphatic hydroxyl groups is 1. The van der Waals surface area contributed by atoms with Crippen molar-refractivity contribution in [3.8, 4) is 0 Å². The molecule has 0 saturated carbocycles. The molecule has 2 N–H and O–H groups in total. The van der Waals surface area contributed by atoms with Gasteiger partial charge in [0.25, 0.3) is 0 Å². The fraction of sp³-hybridized carbons (Fsp3) is 0.429. The van der Waals surface area contributed by atoms with E-state index in [2.05, 4.69) is 0 Å². The molecule has 0 amide bonds. The zero-order valence-corrected chi connectivity index (χ0v) is 10.9. The summed E-state index contributed by atoms with van der Waals surface area (Å²) in [6, 6.07) is 8.42. The minimum atomic E-state index is -1.03. The van der Waals surface area contributed by atoms with E-state index in [0.717, 1.165) is 5.56 Å². The highest BCUT2D eigenvalue weighted by Crippen LogP contribution is 2.17. The molecule has 1 aromatic carbocycles. The zero-order chi connectivity index (χ0) is 14.5. The predicted molar refractivity (Wildman–Crippen MR) is 69.9 cm³/mol. The molecule has 0 aliphatic carbocycles. The lowest BCUT2D eigenvalue weighted by atomic mass is 10.2. The Labute approximate surface area is 116 Å². The lowest BCUT2D eigenvalue weighted by Crippen LogP contribution is -2.39. The highest BCUT2D eigenvalue weighted by atomic mass is 16.5. The van der Waals surface area contributed by atoms with Crippen LogP contribution in [0.15, 0.2) is 30.3 Å². The van der Waals surface area contributed by atoms with E-state index >= 15 is 0 Å². The molecule has 0 aromatic heterocycles. The number of ether oxygens (including phenoxy) is 1. The average Bonchev–Trinajstić information content (AvgIpc) is 2.79. The number of aliphatic hydroxyl groups excluding tert-OH is 1. The van der Waals surface area contributed by atoms with Gasteiger partial charge in [-0.15, -0.1) is 0 Å². The number of hydrogen-bond donors (Lipinski definition) is 2. The lowest BCUT2D eigenvalue weighted by molar-refractivity contribution is -0.149. The molecule has 108 valence electrons. The predicted octanol–water partition coefficient (Wildman–Crippen LogP) is 0.250. The van der Waals surface area contributed by atoms with E-state index in [4.69, 9.17) is 9.84 Å². The monoisotopic (exact) mass is 279 g/mol. The van der Waals surface area contributed by atoms with Crippen molar-refractivity contribution in [2.75, 3.05) is 13.1 Å². The first-order chi connectivity index (χ1) is 9.56. The Balaban J connectivity index is 1.83. The van der Waals surface area contributed by atoms with Crippen LogP contribution in [-0.2, 0) is 20.9 Å². The summed E-state index contributed by atoms with van der Waals surface area (Å²) < 4.78 is 5.10. The van der Waals surface area contributed by atoms with Crippen molar-refractivity contribution in [3.05, 3.63) is 35.9 Å². The second kappa shape index (κ2) is 6.49. The Hall–Kier alpha value is -1.92. The minimum Gasteiger partial charge on any atom is -0.480 e. The Morgan fingerprint density at radius 1 is 1.30 bits per heavy atom. The first-order valence-electron chi connectivity index (χ1n) is 6.40. The highest BCUT2D eigenvalue weighted by Gasteiger charge is 2.37. The average molecular weight is 279 g/mol. The summed E-state index contributed by atoms with van der Waals surface area (Å²) in [5, 5.41) is 18.5. The van der Waals surface area contributed by atoms with Gasteiger partial charge in [-0.05, 0) is 5.56 Å². The number of carboxylic acid groups (broad SMARTS) is 1. The Kier molecular flexibility index (Phi) is 4.70. The van der Waals surface area contributed by atoms with Crippen LogP contribution in [0.2, 0.25) is 0 Å². The number of benzene rings is 1. The van der Waals surface area contributed by atoms with E-state index in [9.17, 15) is 14.7 Å². The molecule has 0 spiro atoms. The number of carbonyl (C=O) groups is 2. The number of rotatable bonds is 5. The molecule has 20 heavy (non-hydrogen) atoms. The topological polar surface area (TPSA) is 87.1 Å². The number of esters is 1. The molecule has 1 aliphatic rings.